The summed E-state index contributed by atoms with van der Waals surface area (Å²) in [7, 11) is 0. The second-order valence-electron chi connectivity index (χ2n) is 3.47. The van der Waals surface area contributed by atoms with Crippen LogP contribution in [-0.2, 0) is 9.53 Å². The van der Waals surface area contributed by atoms with Crippen LogP contribution in [-0.4, -0.2) is 18.3 Å². The van der Waals surface area contributed by atoms with Crippen molar-refractivity contribution in [2.24, 2.45) is 0 Å². The second-order valence-corrected chi connectivity index (χ2v) is 4.49. The Morgan fingerprint density at radius 1 is 1.44 bits per heavy atom. The Hall–Kier alpha value is -0.880. The standard InChI is InChI=1S/C10H19N3O2S/c1-2-3-4-5-6-15-10(14)8-16-9-7-11-13-12-9/h7,11-13H,2-6,8H2,1H3. The normalized spacial score (nSPS) is 13.9. The van der Waals surface area contributed by atoms with Crippen molar-refractivity contribution in [3.63, 3.8) is 0 Å². The summed E-state index contributed by atoms with van der Waals surface area (Å²) in [6.07, 6.45) is 6.27. The van der Waals surface area contributed by atoms with E-state index in [0.717, 1.165) is 17.9 Å². The van der Waals surface area contributed by atoms with Gasteiger partial charge in [-0.1, -0.05) is 37.9 Å². The molecule has 0 saturated carbocycles. The van der Waals surface area contributed by atoms with E-state index in [1.54, 1.807) is 6.20 Å². The van der Waals surface area contributed by atoms with Crippen molar-refractivity contribution < 1.29 is 9.53 Å². The maximum absolute atomic E-state index is 11.3. The summed E-state index contributed by atoms with van der Waals surface area (Å²) in [5.74, 6) is 0.187. The van der Waals surface area contributed by atoms with E-state index in [4.69, 9.17) is 4.74 Å². The first kappa shape index (κ1) is 13.2. The first-order valence-electron chi connectivity index (χ1n) is 5.58. The average molecular weight is 245 g/mol. The molecule has 1 aliphatic heterocycles. The lowest BCUT2D eigenvalue weighted by atomic mass is 10.2. The van der Waals surface area contributed by atoms with Gasteiger partial charge in [-0.3, -0.25) is 10.2 Å². The number of rotatable bonds is 8. The summed E-state index contributed by atoms with van der Waals surface area (Å²) in [5, 5.41) is 0.892. The molecule has 0 aromatic heterocycles. The summed E-state index contributed by atoms with van der Waals surface area (Å²) in [6, 6.07) is 0. The Kier molecular flexibility index (Phi) is 6.83. The monoisotopic (exact) mass is 245 g/mol. The first-order valence-corrected chi connectivity index (χ1v) is 6.56. The van der Waals surface area contributed by atoms with Gasteiger partial charge in [0.1, 0.15) is 5.03 Å². The van der Waals surface area contributed by atoms with Gasteiger partial charge in [-0.25, -0.2) is 0 Å². The minimum Gasteiger partial charge on any atom is -0.465 e. The van der Waals surface area contributed by atoms with Crippen LogP contribution in [0, 0.1) is 0 Å². The second kappa shape index (κ2) is 8.29. The summed E-state index contributed by atoms with van der Waals surface area (Å²) < 4.78 is 5.09. The first-order chi connectivity index (χ1) is 7.83. The van der Waals surface area contributed by atoms with Gasteiger partial charge < -0.3 is 10.2 Å². The van der Waals surface area contributed by atoms with Gasteiger partial charge in [-0.15, -0.1) is 0 Å². The predicted octanol–water partition coefficient (Wildman–Crippen LogP) is 1.25. The molecular weight excluding hydrogens is 226 g/mol. The summed E-state index contributed by atoms with van der Waals surface area (Å²) in [5.41, 5.74) is 8.31. The highest BCUT2D eigenvalue weighted by atomic mass is 32.2. The molecule has 0 fully saturated rings. The summed E-state index contributed by atoms with van der Waals surface area (Å²) in [4.78, 5) is 11.3. The van der Waals surface area contributed by atoms with Crippen LogP contribution in [0.25, 0.3) is 0 Å². The number of unbranched alkanes of at least 4 members (excludes halogenated alkanes) is 3. The van der Waals surface area contributed by atoms with E-state index in [2.05, 4.69) is 23.3 Å². The molecule has 0 bridgehead atoms. The lowest BCUT2D eigenvalue weighted by Gasteiger charge is -2.04. The quantitative estimate of drug-likeness (QED) is 0.442. The molecule has 92 valence electrons. The van der Waals surface area contributed by atoms with Crippen molar-refractivity contribution in [3.8, 4) is 0 Å². The maximum Gasteiger partial charge on any atom is 0.316 e. The van der Waals surface area contributed by atoms with E-state index in [1.807, 2.05) is 0 Å². The van der Waals surface area contributed by atoms with Gasteiger partial charge in [0.15, 0.2) is 0 Å². The zero-order chi connectivity index (χ0) is 11.6. The fourth-order valence-corrected chi connectivity index (χ4v) is 1.83. The molecule has 0 aromatic carbocycles. The number of hydrogen-bond acceptors (Lipinski definition) is 6. The molecule has 0 unspecified atom stereocenters. The Labute approximate surface area is 100 Å². The van der Waals surface area contributed by atoms with Crippen molar-refractivity contribution >= 4 is 17.7 Å². The minimum absolute atomic E-state index is 0.156. The SMILES string of the molecule is CCCCCCOC(=O)CSC1=CNNN1. The maximum atomic E-state index is 11.3. The molecule has 16 heavy (non-hydrogen) atoms. The molecule has 0 aromatic rings. The van der Waals surface area contributed by atoms with Gasteiger partial charge in [-0.2, -0.15) is 5.53 Å². The van der Waals surface area contributed by atoms with E-state index < -0.39 is 0 Å². The third-order valence-electron chi connectivity index (χ3n) is 2.07. The van der Waals surface area contributed by atoms with Crippen LogP contribution in [0.15, 0.2) is 11.2 Å². The fraction of sp³-hybridized carbons (Fsp3) is 0.700. The molecule has 6 heteroatoms. The zero-order valence-electron chi connectivity index (χ0n) is 9.54. The number of carbonyl (C=O) groups excluding carboxylic acids is 1. The number of ether oxygens (including phenoxy) is 1. The highest BCUT2D eigenvalue weighted by molar-refractivity contribution is 8.03. The Morgan fingerprint density at radius 2 is 2.31 bits per heavy atom. The number of carbonyl (C=O) groups is 1. The van der Waals surface area contributed by atoms with Gasteiger partial charge in [0, 0.05) is 6.20 Å². The van der Waals surface area contributed by atoms with Crippen molar-refractivity contribution in [2.75, 3.05) is 12.4 Å². The van der Waals surface area contributed by atoms with Gasteiger partial charge in [0.25, 0.3) is 0 Å². The van der Waals surface area contributed by atoms with E-state index in [-0.39, 0.29) is 5.97 Å². The smallest absolute Gasteiger partial charge is 0.316 e. The molecule has 1 aliphatic rings. The Morgan fingerprint density at radius 3 is 3.00 bits per heavy atom. The summed E-state index contributed by atoms with van der Waals surface area (Å²) in [6.45, 7) is 2.70. The number of hydrogen-bond donors (Lipinski definition) is 3. The number of thioether (sulfide) groups is 1. The van der Waals surface area contributed by atoms with Gasteiger partial charge in [0.05, 0.1) is 12.4 Å². The van der Waals surface area contributed by atoms with Crippen LogP contribution < -0.4 is 16.4 Å². The fourth-order valence-electron chi connectivity index (χ4n) is 1.21. The Balaban J connectivity index is 1.94. The van der Waals surface area contributed by atoms with E-state index in [1.165, 1.54) is 24.6 Å². The predicted molar refractivity (Wildman–Crippen MR) is 65.0 cm³/mol. The van der Waals surface area contributed by atoms with Gasteiger partial charge >= 0.3 is 5.97 Å². The van der Waals surface area contributed by atoms with E-state index >= 15 is 0 Å². The molecule has 0 aliphatic carbocycles. The van der Waals surface area contributed by atoms with Crippen molar-refractivity contribution in [2.45, 2.75) is 32.6 Å². The highest BCUT2D eigenvalue weighted by Crippen LogP contribution is 2.12. The molecule has 0 radical (unpaired) electrons. The molecule has 0 amide bonds. The largest absolute Gasteiger partial charge is 0.465 e. The van der Waals surface area contributed by atoms with Crippen molar-refractivity contribution in [1.29, 1.82) is 0 Å². The number of esters is 1. The minimum atomic E-state index is -0.156. The van der Waals surface area contributed by atoms with Crippen molar-refractivity contribution in [3.05, 3.63) is 11.2 Å². The molecule has 0 atom stereocenters. The highest BCUT2D eigenvalue weighted by Gasteiger charge is 2.07. The average Bonchev–Trinajstić information content (AvgIpc) is 2.79. The topological polar surface area (TPSA) is 62.4 Å². The van der Waals surface area contributed by atoms with Crippen LogP contribution >= 0.6 is 11.8 Å². The summed E-state index contributed by atoms with van der Waals surface area (Å²) >= 11 is 1.41. The van der Waals surface area contributed by atoms with E-state index in [9.17, 15) is 4.79 Å². The third-order valence-corrected chi connectivity index (χ3v) is 2.98. The van der Waals surface area contributed by atoms with Crippen LogP contribution in [0.4, 0.5) is 0 Å². The molecule has 1 rings (SSSR count). The molecule has 5 nitrogen and oxygen atoms in total. The van der Waals surface area contributed by atoms with Gasteiger partial charge in [0.2, 0.25) is 0 Å². The number of nitrogens with one attached hydrogen (secondary N) is 3. The Bertz CT molecular complexity index is 246. The molecule has 0 spiro atoms. The van der Waals surface area contributed by atoms with Crippen LogP contribution in [0.2, 0.25) is 0 Å². The van der Waals surface area contributed by atoms with Crippen LogP contribution in [0.1, 0.15) is 32.6 Å². The van der Waals surface area contributed by atoms with Crippen LogP contribution in [0.5, 0.6) is 0 Å². The van der Waals surface area contributed by atoms with Gasteiger partial charge in [-0.05, 0) is 6.42 Å². The molecule has 1 heterocycles. The van der Waals surface area contributed by atoms with E-state index in [0.29, 0.717) is 12.4 Å². The van der Waals surface area contributed by atoms with Crippen molar-refractivity contribution in [1.82, 2.24) is 16.4 Å². The molecule has 3 N–H and O–H groups in total. The lowest BCUT2D eigenvalue weighted by Crippen LogP contribution is -2.31. The molecular formula is C10H19N3O2S. The van der Waals surface area contributed by atoms with Crippen LogP contribution in [0.3, 0.4) is 0 Å². The molecule has 0 saturated heterocycles. The lowest BCUT2D eigenvalue weighted by molar-refractivity contribution is -0.140. The number of hydrazine groups is 2. The zero-order valence-corrected chi connectivity index (χ0v) is 10.4. The third kappa shape index (κ3) is 5.87.